The highest BCUT2D eigenvalue weighted by Gasteiger charge is 2.27. The van der Waals surface area contributed by atoms with E-state index in [1.807, 2.05) is 30.5 Å². The SMILES string of the molecule is O=CC(CC1CCNC1=O)NC(=O)Cc1ccc2[nH]ccc2c1. The van der Waals surface area contributed by atoms with Crippen molar-refractivity contribution in [2.24, 2.45) is 5.92 Å². The van der Waals surface area contributed by atoms with Gasteiger partial charge < -0.3 is 20.4 Å². The maximum absolute atomic E-state index is 12.1. The summed E-state index contributed by atoms with van der Waals surface area (Å²) in [6.07, 6.45) is 3.84. The number of H-pyrrole nitrogens is 1. The fourth-order valence-electron chi connectivity index (χ4n) is 2.98. The Bertz CT molecular complexity index is 738. The Morgan fingerprint density at radius 3 is 3.00 bits per heavy atom. The molecule has 1 aromatic heterocycles. The third-order valence-electron chi connectivity index (χ3n) is 4.19. The molecule has 0 aliphatic carbocycles. The van der Waals surface area contributed by atoms with Gasteiger partial charge in [0.1, 0.15) is 6.29 Å². The van der Waals surface area contributed by atoms with Gasteiger partial charge in [-0.2, -0.15) is 0 Å². The number of benzene rings is 1. The second-order valence-corrected chi connectivity index (χ2v) is 5.90. The first-order valence-electron chi connectivity index (χ1n) is 7.74. The van der Waals surface area contributed by atoms with Crippen LogP contribution in [0.5, 0.6) is 0 Å². The second-order valence-electron chi connectivity index (χ2n) is 5.90. The lowest BCUT2D eigenvalue weighted by molar-refractivity contribution is -0.126. The van der Waals surface area contributed by atoms with Crippen LogP contribution in [0.1, 0.15) is 18.4 Å². The Morgan fingerprint density at radius 1 is 1.39 bits per heavy atom. The molecule has 0 saturated carbocycles. The monoisotopic (exact) mass is 313 g/mol. The average molecular weight is 313 g/mol. The number of hydrogen-bond acceptors (Lipinski definition) is 3. The fraction of sp³-hybridized carbons (Fsp3) is 0.353. The molecule has 3 rings (SSSR count). The molecule has 23 heavy (non-hydrogen) atoms. The van der Waals surface area contributed by atoms with Gasteiger partial charge in [-0.1, -0.05) is 6.07 Å². The predicted molar refractivity (Wildman–Crippen MR) is 85.7 cm³/mol. The summed E-state index contributed by atoms with van der Waals surface area (Å²) in [5.74, 6) is -0.443. The van der Waals surface area contributed by atoms with Crippen LogP contribution in [0, 0.1) is 5.92 Å². The molecule has 0 bridgehead atoms. The summed E-state index contributed by atoms with van der Waals surface area (Å²) in [6, 6.07) is 7.10. The number of fused-ring (bicyclic) bond motifs is 1. The van der Waals surface area contributed by atoms with E-state index in [9.17, 15) is 14.4 Å². The summed E-state index contributed by atoms with van der Waals surface area (Å²) >= 11 is 0. The van der Waals surface area contributed by atoms with Crippen molar-refractivity contribution in [2.75, 3.05) is 6.54 Å². The van der Waals surface area contributed by atoms with E-state index in [-0.39, 0.29) is 24.2 Å². The Labute approximate surface area is 133 Å². The van der Waals surface area contributed by atoms with Gasteiger partial charge in [0.05, 0.1) is 12.5 Å². The van der Waals surface area contributed by atoms with Crippen molar-refractivity contribution in [1.29, 1.82) is 0 Å². The van der Waals surface area contributed by atoms with Gasteiger partial charge in [-0.25, -0.2) is 0 Å². The third-order valence-corrected chi connectivity index (χ3v) is 4.19. The highest BCUT2D eigenvalue weighted by molar-refractivity contribution is 5.85. The molecule has 1 aromatic carbocycles. The van der Waals surface area contributed by atoms with Crippen LogP contribution in [-0.4, -0.2) is 35.7 Å². The largest absolute Gasteiger partial charge is 0.361 e. The topological polar surface area (TPSA) is 91.1 Å². The number of hydrogen-bond donors (Lipinski definition) is 3. The number of carbonyl (C=O) groups is 3. The summed E-state index contributed by atoms with van der Waals surface area (Å²) in [5.41, 5.74) is 1.91. The maximum Gasteiger partial charge on any atom is 0.224 e. The summed E-state index contributed by atoms with van der Waals surface area (Å²) < 4.78 is 0. The molecule has 2 heterocycles. The Balaban J connectivity index is 1.58. The van der Waals surface area contributed by atoms with Gasteiger partial charge in [0, 0.05) is 24.2 Å². The predicted octanol–water partition coefficient (Wildman–Crippen LogP) is 0.920. The van der Waals surface area contributed by atoms with Crippen LogP contribution in [0.2, 0.25) is 0 Å². The number of nitrogens with one attached hydrogen (secondary N) is 3. The van der Waals surface area contributed by atoms with Crippen LogP contribution in [0.15, 0.2) is 30.5 Å². The fourth-order valence-corrected chi connectivity index (χ4v) is 2.98. The van der Waals surface area contributed by atoms with E-state index in [1.54, 1.807) is 0 Å². The number of carbonyl (C=O) groups excluding carboxylic acids is 3. The van der Waals surface area contributed by atoms with E-state index < -0.39 is 6.04 Å². The first kappa shape index (κ1) is 15.3. The van der Waals surface area contributed by atoms with Gasteiger partial charge in [0.2, 0.25) is 11.8 Å². The lowest BCUT2D eigenvalue weighted by Crippen LogP contribution is -2.39. The van der Waals surface area contributed by atoms with Crippen LogP contribution in [0.4, 0.5) is 0 Å². The smallest absolute Gasteiger partial charge is 0.224 e. The Morgan fingerprint density at radius 2 is 2.26 bits per heavy atom. The van der Waals surface area contributed by atoms with Crippen molar-refractivity contribution in [3.8, 4) is 0 Å². The average Bonchev–Trinajstić information content (AvgIpc) is 3.15. The summed E-state index contributed by atoms with van der Waals surface area (Å²) in [4.78, 5) is 38.0. The Hall–Kier alpha value is -2.63. The van der Waals surface area contributed by atoms with Gasteiger partial charge in [-0.05, 0) is 42.0 Å². The van der Waals surface area contributed by atoms with Crippen LogP contribution < -0.4 is 10.6 Å². The van der Waals surface area contributed by atoms with Crippen LogP contribution in [0.25, 0.3) is 10.9 Å². The molecule has 1 aliphatic heterocycles. The molecule has 2 aromatic rings. The van der Waals surface area contributed by atoms with Gasteiger partial charge in [-0.3, -0.25) is 9.59 Å². The molecule has 2 unspecified atom stereocenters. The van der Waals surface area contributed by atoms with Gasteiger partial charge in [0.25, 0.3) is 0 Å². The normalized spacial score (nSPS) is 18.6. The van der Waals surface area contributed by atoms with E-state index in [0.29, 0.717) is 25.7 Å². The van der Waals surface area contributed by atoms with Gasteiger partial charge in [0.15, 0.2) is 0 Å². The molecule has 6 nitrogen and oxygen atoms in total. The number of aromatic nitrogens is 1. The molecule has 1 aliphatic rings. The minimum absolute atomic E-state index is 0.0380. The van der Waals surface area contributed by atoms with Crippen molar-refractivity contribution in [2.45, 2.75) is 25.3 Å². The van der Waals surface area contributed by atoms with E-state index in [4.69, 9.17) is 0 Å². The van der Waals surface area contributed by atoms with Crippen LogP contribution in [-0.2, 0) is 20.8 Å². The van der Waals surface area contributed by atoms with E-state index in [1.165, 1.54) is 0 Å². The van der Waals surface area contributed by atoms with Gasteiger partial charge >= 0.3 is 0 Å². The zero-order chi connectivity index (χ0) is 16.2. The van der Waals surface area contributed by atoms with Crippen LogP contribution >= 0.6 is 0 Å². The van der Waals surface area contributed by atoms with E-state index in [0.717, 1.165) is 16.5 Å². The number of aromatic amines is 1. The number of rotatable bonds is 6. The molecule has 1 saturated heterocycles. The van der Waals surface area contributed by atoms with Crippen molar-refractivity contribution in [3.05, 3.63) is 36.0 Å². The molecule has 3 N–H and O–H groups in total. The molecule has 120 valence electrons. The first-order valence-corrected chi connectivity index (χ1v) is 7.74. The number of aldehydes is 1. The maximum atomic E-state index is 12.1. The molecule has 6 heteroatoms. The van der Waals surface area contributed by atoms with Crippen molar-refractivity contribution >= 4 is 29.0 Å². The molecular formula is C17H19N3O3. The molecule has 2 atom stereocenters. The summed E-state index contributed by atoms with van der Waals surface area (Å²) in [5, 5.41) is 6.49. The molecular weight excluding hydrogens is 294 g/mol. The lowest BCUT2D eigenvalue weighted by Gasteiger charge is -2.15. The first-order chi connectivity index (χ1) is 11.2. The molecule has 0 radical (unpaired) electrons. The second kappa shape index (κ2) is 6.64. The third kappa shape index (κ3) is 3.59. The minimum atomic E-state index is -0.618. The zero-order valence-electron chi connectivity index (χ0n) is 12.7. The van der Waals surface area contributed by atoms with Gasteiger partial charge in [-0.15, -0.1) is 0 Å². The zero-order valence-corrected chi connectivity index (χ0v) is 12.7. The van der Waals surface area contributed by atoms with Crippen molar-refractivity contribution < 1.29 is 14.4 Å². The van der Waals surface area contributed by atoms with E-state index in [2.05, 4.69) is 15.6 Å². The van der Waals surface area contributed by atoms with Crippen molar-refractivity contribution in [3.63, 3.8) is 0 Å². The summed E-state index contributed by atoms with van der Waals surface area (Å²) in [6.45, 7) is 0.639. The molecule has 2 amide bonds. The van der Waals surface area contributed by atoms with E-state index >= 15 is 0 Å². The lowest BCUT2D eigenvalue weighted by atomic mass is 9.99. The quantitative estimate of drug-likeness (QED) is 0.693. The molecule has 0 spiro atoms. The summed E-state index contributed by atoms with van der Waals surface area (Å²) in [7, 11) is 0. The highest BCUT2D eigenvalue weighted by atomic mass is 16.2. The standard InChI is InChI=1S/C17H19N3O3/c21-10-14(9-13-4-6-19-17(13)23)20-16(22)8-11-1-2-15-12(7-11)3-5-18-15/h1-3,5,7,10,13-14,18H,4,6,8-9H2,(H,19,23)(H,20,22). The molecule has 1 fully saturated rings. The van der Waals surface area contributed by atoms with Crippen molar-refractivity contribution in [1.82, 2.24) is 15.6 Å². The minimum Gasteiger partial charge on any atom is -0.361 e. The number of amides is 2. The highest BCUT2D eigenvalue weighted by Crippen LogP contribution is 2.16. The van der Waals surface area contributed by atoms with Crippen LogP contribution in [0.3, 0.4) is 0 Å². The Kier molecular flexibility index (Phi) is 4.41.